The number of aromatic nitrogens is 5. The number of anilines is 1. The lowest BCUT2D eigenvalue weighted by Crippen LogP contribution is -2.41. The van der Waals surface area contributed by atoms with Crippen LogP contribution in [0.5, 0.6) is 0 Å². The zero-order valence-corrected chi connectivity index (χ0v) is 93.1. The van der Waals surface area contributed by atoms with Crippen LogP contribution in [-0.2, 0) is 106 Å². The van der Waals surface area contributed by atoms with Gasteiger partial charge in [-0.05, 0) is 216 Å². The van der Waals surface area contributed by atoms with Gasteiger partial charge in [-0.2, -0.15) is 0 Å². The van der Waals surface area contributed by atoms with Crippen LogP contribution in [-0.4, -0.2) is 64.9 Å². The van der Waals surface area contributed by atoms with Crippen LogP contribution in [0.1, 0.15) is 436 Å². The molecule has 0 aliphatic heterocycles. The molecule has 13 heteroatoms. The molecule has 8 rings (SSSR count). The molecule has 4 N–H and O–H groups in total. The first-order chi connectivity index (χ1) is 59.1. The molecule has 132 heavy (non-hydrogen) atoms. The fourth-order valence-corrected chi connectivity index (χ4v) is 12.7. The van der Waals surface area contributed by atoms with E-state index in [-0.39, 0.29) is 119 Å². The molecule has 5 aromatic heterocycles. The van der Waals surface area contributed by atoms with Gasteiger partial charge in [-0.3, -0.25) is 44.1 Å². The highest BCUT2D eigenvalue weighted by atomic mass is 16.2. The van der Waals surface area contributed by atoms with Crippen LogP contribution in [0.2, 0.25) is 0 Å². The molecule has 13 nitrogen and oxygen atoms in total. The number of amides is 2. The van der Waals surface area contributed by atoms with Gasteiger partial charge in [0.15, 0.2) is 0 Å². The molecule has 0 atom stereocenters. The molecule has 736 valence electrons. The molecule has 0 fully saturated rings. The van der Waals surface area contributed by atoms with Crippen LogP contribution >= 0.6 is 0 Å². The van der Waals surface area contributed by atoms with E-state index in [2.05, 4.69) is 446 Å². The minimum absolute atomic E-state index is 0.0128. The summed E-state index contributed by atoms with van der Waals surface area (Å²) in [5.74, 6) is -0.680. The summed E-state index contributed by atoms with van der Waals surface area (Å²) < 4.78 is 0. The molecule has 2 amide bonds. The number of hydrogen-bond donors (Lipinski definition) is 4. The third kappa shape index (κ3) is 54.8. The van der Waals surface area contributed by atoms with Gasteiger partial charge in [0.05, 0.1) is 18.3 Å². The van der Waals surface area contributed by atoms with Crippen molar-refractivity contribution in [3.8, 4) is 0 Å². The second-order valence-electron chi connectivity index (χ2n) is 53.4. The van der Waals surface area contributed by atoms with Crippen LogP contribution in [0.4, 0.5) is 5.69 Å². The SMILES string of the molecule is CC(C)(C)CC(=O)CC(=O)Cc1ccc(C(C)(C)C)cn1.CC(C)(C)Cc1ccc(C(C)(C)C)cc1.CC(C)(C)Cc1ccc(C(C)(C)C)nc1.CC(C)(C)NC(=O)CC(=O)Nc1ccc(C(C)(C)C)nc1.CC(C)(C)NCc1ccc(C(C)(C)C)cc1.CC(C)(C)NCc1ccc(C(C)(C)C)nc1.CC(C)(C)c1ccc(C(C)(C)C)cc1.CC(C)(C)c1ccc(C(C)(C)C)nc1. The zero-order chi connectivity index (χ0) is 103. The zero-order valence-electron chi connectivity index (χ0n) is 93.1. The van der Waals surface area contributed by atoms with Crippen LogP contribution in [0.15, 0.2) is 164 Å². The first-order valence-electron chi connectivity index (χ1n) is 48.3. The van der Waals surface area contributed by atoms with Gasteiger partial charge in [0.2, 0.25) is 11.8 Å². The highest BCUT2D eigenvalue weighted by Crippen LogP contribution is 2.33. The number of benzene rings is 3. The number of pyridine rings is 5. The Balaban J connectivity index is 0.000000758. The monoisotopic (exact) mass is 1810 g/mol. The lowest BCUT2D eigenvalue weighted by molar-refractivity contribution is -0.129. The number of carbonyl (C=O) groups excluding carboxylic acids is 4. The average molecular weight is 1810 g/mol. The number of ketones is 2. The molecule has 0 saturated heterocycles. The van der Waals surface area contributed by atoms with Crippen molar-refractivity contribution in [3.05, 3.63) is 249 Å². The maximum atomic E-state index is 11.9. The molecular weight excluding hydrogens is 1620 g/mol. The number of nitrogens with zero attached hydrogens (tertiary/aromatic N) is 5. The predicted octanol–water partition coefficient (Wildman–Crippen LogP) is 30.1. The number of Topliss-reactive ketones (excluding diaryl/α,β-unsaturated/α-hetero) is 2. The number of carbonyl (C=O) groups is 4. The van der Waals surface area contributed by atoms with Gasteiger partial charge < -0.3 is 21.3 Å². The van der Waals surface area contributed by atoms with E-state index in [0.717, 1.165) is 54.3 Å². The second kappa shape index (κ2) is 49.4. The van der Waals surface area contributed by atoms with E-state index in [1.165, 1.54) is 55.8 Å². The highest BCUT2D eigenvalue weighted by Gasteiger charge is 2.26. The minimum atomic E-state index is -0.345. The average Bonchev–Trinajstić information content (AvgIpc) is 0.824. The topological polar surface area (TPSA) is 181 Å². The molecule has 0 aliphatic carbocycles. The Morgan fingerprint density at radius 2 is 0.530 bits per heavy atom. The summed E-state index contributed by atoms with van der Waals surface area (Å²) in [5, 5.41) is 12.4. The fraction of sp³-hybridized carbons (Fsp3) is 0.605. The Hall–Kier alpha value is -8.39. The molecule has 0 spiro atoms. The number of nitrogens with one attached hydrogen (secondary N) is 4. The second-order valence-corrected chi connectivity index (χ2v) is 53.4. The standard InChI is InChI=1S/C18H27NO2.C16H25N3O2.C15H25N.C15H24.C14H24N2.C14H23N.C14H22.C13H21N/c1-17(2,3)11-16(21)10-15(20)9-14-8-7-13(12-19-14)18(4,5)6;1-15(2,3)12-8-7-11(10-17-12)18-13(20)9-14(21)19-16(4,5)6;1-14(2,3)13-9-7-12(8-10-13)11-16-15(4,5)6;1-14(2,3)11-12-7-9-13(10-8-12)15(4,5)6;1-13(2,3)12-8-7-11(9-15-12)10-16-14(4,5)6;1-13(2,3)9-11-7-8-12(15-10-11)14(4,5)6;1-13(2,3)11-7-9-12(10-8-11)14(4,5)6;1-12(2,3)10-7-8-11(14-9-10)13(4,5)6/h7-8,12H,9-11H2,1-6H3;7-8,10H,9H2,1-6H3,(H,18,20)(H,19,21);7-10,16H,11H2,1-6H3;7-10H,11H2,1-6H3;7-9,16H,10H2,1-6H3;7-8,10H,9H2,1-6H3;7-10H,1-6H3;7-9H,1-6H3. The van der Waals surface area contributed by atoms with Gasteiger partial charge in [0.25, 0.3) is 0 Å². The first-order valence-corrected chi connectivity index (χ1v) is 48.3. The maximum Gasteiger partial charge on any atom is 0.233 e. The molecule has 0 unspecified atom stereocenters. The Morgan fingerprint density at radius 1 is 0.242 bits per heavy atom. The molecule has 8 aromatic rings. The third-order valence-electron chi connectivity index (χ3n) is 20.8. The Morgan fingerprint density at radius 3 is 0.811 bits per heavy atom. The van der Waals surface area contributed by atoms with Crippen LogP contribution in [0.3, 0.4) is 0 Å². The van der Waals surface area contributed by atoms with Crippen LogP contribution in [0, 0.1) is 16.2 Å². The first kappa shape index (κ1) is 122. The largest absolute Gasteiger partial charge is 0.351 e. The van der Waals surface area contributed by atoms with E-state index < -0.39 is 0 Å². The van der Waals surface area contributed by atoms with Gasteiger partial charge in [-0.1, -0.05) is 367 Å². The van der Waals surface area contributed by atoms with E-state index in [1.807, 2.05) is 84.5 Å². The van der Waals surface area contributed by atoms with E-state index in [0.29, 0.717) is 22.9 Å². The van der Waals surface area contributed by atoms with Gasteiger partial charge in [-0.15, -0.1) is 0 Å². The predicted molar refractivity (Wildman–Crippen MR) is 571 cm³/mol. The highest BCUT2D eigenvalue weighted by molar-refractivity contribution is 6.03. The van der Waals surface area contributed by atoms with Crippen molar-refractivity contribution >= 4 is 29.1 Å². The van der Waals surface area contributed by atoms with Crippen molar-refractivity contribution in [1.29, 1.82) is 0 Å². The summed E-state index contributed by atoms with van der Waals surface area (Å²) in [7, 11) is 0. The summed E-state index contributed by atoms with van der Waals surface area (Å²) in [6, 6.07) is 47.5. The van der Waals surface area contributed by atoms with Crippen LogP contribution < -0.4 is 21.3 Å². The van der Waals surface area contributed by atoms with Gasteiger partial charge in [0.1, 0.15) is 18.0 Å². The summed E-state index contributed by atoms with van der Waals surface area (Å²) >= 11 is 0. The Kier molecular flexibility index (Phi) is 45.5. The van der Waals surface area contributed by atoms with E-state index >= 15 is 0 Å². The molecule has 0 saturated carbocycles. The van der Waals surface area contributed by atoms with Gasteiger partial charge >= 0.3 is 0 Å². The molecule has 0 radical (unpaired) electrons. The third-order valence-corrected chi connectivity index (χ3v) is 20.8. The van der Waals surface area contributed by atoms with Crippen molar-refractivity contribution < 1.29 is 19.2 Å². The van der Waals surface area contributed by atoms with Crippen molar-refractivity contribution in [2.24, 2.45) is 16.2 Å². The lowest BCUT2D eigenvalue weighted by Gasteiger charge is -2.23. The van der Waals surface area contributed by atoms with E-state index in [1.54, 1.807) is 12.3 Å². The fourth-order valence-electron chi connectivity index (χ4n) is 12.7. The molecule has 0 bridgehead atoms. The normalized spacial score (nSPS) is 12.7. The maximum absolute atomic E-state index is 11.9. The summed E-state index contributed by atoms with van der Waals surface area (Å²) in [4.78, 5) is 69.4. The Bertz CT molecular complexity index is 4320. The number of hydrogen-bond acceptors (Lipinski definition) is 11. The van der Waals surface area contributed by atoms with E-state index in [4.69, 9.17) is 0 Å². The summed E-state index contributed by atoms with van der Waals surface area (Å²) in [6.07, 6.45) is 12.2. The van der Waals surface area contributed by atoms with Gasteiger partial charge in [0, 0.05) is 117 Å². The summed E-state index contributed by atoms with van der Waals surface area (Å²) in [6.45, 7) is 106. The number of rotatable bonds is 14. The molecule has 3 aromatic carbocycles. The Labute approximate surface area is 809 Å². The van der Waals surface area contributed by atoms with Crippen molar-refractivity contribution in [1.82, 2.24) is 40.9 Å². The van der Waals surface area contributed by atoms with Crippen molar-refractivity contribution in [2.75, 3.05) is 5.32 Å². The molecule has 5 heterocycles. The molecular formula is C119H191N9O4. The lowest BCUT2D eigenvalue weighted by atomic mass is 9.82. The van der Waals surface area contributed by atoms with Crippen molar-refractivity contribution in [2.45, 2.75) is 455 Å². The molecule has 0 aliphatic rings. The minimum Gasteiger partial charge on any atom is -0.351 e. The van der Waals surface area contributed by atoms with Crippen LogP contribution in [0.25, 0.3) is 0 Å². The van der Waals surface area contributed by atoms with E-state index in [9.17, 15) is 19.2 Å². The van der Waals surface area contributed by atoms with Crippen molar-refractivity contribution in [3.63, 3.8) is 0 Å². The smallest absolute Gasteiger partial charge is 0.233 e. The quantitative estimate of drug-likeness (QED) is 0.0761. The van der Waals surface area contributed by atoms with Gasteiger partial charge in [-0.25, -0.2) is 0 Å². The summed E-state index contributed by atoms with van der Waals surface area (Å²) in [5.41, 5.74) is 21.5.